The molecule has 0 bridgehead atoms. The first-order valence-electron chi connectivity index (χ1n) is 7.46. The van der Waals surface area contributed by atoms with Crippen molar-refractivity contribution in [2.45, 2.75) is 40.0 Å². The van der Waals surface area contributed by atoms with E-state index in [2.05, 4.69) is 15.4 Å². The summed E-state index contributed by atoms with van der Waals surface area (Å²) in [7, 11) is 1.84. The zero-order valence-corrected chi connectivity index (χ0v) is 13.3. The highest BCUT2D eigenvalue weighted by Crippen LogP contribution is 2.27. The largest absolute Gasteiger partial charge is 0.354 e. The number of nitrogens with one attached hydrogen (secondary N) is 2. The van der Waals surface area contributed by atoms with Gasteiger partial charge in [-0.15, -0.1) is 0 Å². The number of carbonyl (C=O) groups is 2. The summed E-state index contributed by atoms with van der Waals surface area (Å²) in [5.74, 6) is -0.0957. The summed E-state index contributed by atoms with van der Waals surface area (Å²) in [5.41, 5.74) is 5.22. The number of aromatic amines is 1. The van der Waals surface area contributed by atoms with Gasteiger partial charge < -0.3 is 10.3 Å². The van der Waals surface area contributed by atoms with Crippen molar-refractivity contribution in [1.82, 2.24) is 14.8 Å². The first-order valence-corrected chi connectivity index (χ1v) is 7.46. The molecule has 2 aromatic heterocycles. The van der Waals surface area contributed by atoms with Gasteiger partial charge in [-0.25, -0.2) is 0 Å². The van der Waals surface area contributed by atoms with Crippen molar-refractivity contribution in [3.05, 3.63) is 33.9 Å². The second kappa shape index (κ2) is 5.12. The van der Waals surface area contributed by atoms with Crippen LogP contribution in [-0.2, 0) is 13.5 Å². The fraction of sp³-hybridized carbons (Fsp3) is 0.438. The number of hydrogen-bond donors (Lipinski definition) is 2. The van der Waals surface area contributed by atoms with Crippen LogP contribution in [-0.4, -0.2) is 26.5 Å². The number of carbonyl (C=O) groups excluding carboxylic acids is 2. The minimum absolute atomic E-state index is 0.128. The number of fused-ring (bicyclic) bond motifs is 1. The van der Waals surface area contributed by atoms with E-state index in [4.69, 9.17) is 0 Å². The molecule has 6 heteroatoms. The van der Waals surface area contributed by atoms with E-state index in [0.29, 0.717) is 17.7 Å². The molecular formula is C16H20N4O2. The maximum absolute atomic E-state index is 12.6. The Morgan fingerprint density at radius 3 is 2.59 bits per heavy atom. The summed E-state index contributed by atoms with van der Waals surface area (Å²) >= 11 is 0. The zero-order valence-electron chi connectivity index (χ0n) is 13.3. The van der Waals surface area contributed by atoms with Crippen molar-refractivity contribution in [1.29, 1.82) is 0 Å². The summed E-state index contributed by atoms with van der Waals surface area (Å²) in [6, 6.07) is 0. The number of ketones is 1. The first-order chi connectivity index (χ1) is 10.4. The fourth-order valence-corrected chi connectivity index (χ4v) is 3.13. The molecule has 1 amide bonds. The van der Waals surface area contributed by atoms with Gasteiger partial charge in [-0.2, -0.15) is 5.10 Å². The predicted molar refractivity (Wildman–Crippen MR) is 83.4 cm³/mol. The number of amides is 1. The van der Waals surface area contributed by atoms with E-state index in [1.807, 2.05) is 27.8 Å². The Morgan fingerprint density at radius 2 is 2.00 bits per heavy atom. The van der Waals surface area contributed by atoms with E-state index < -0.39 is 0 Å². The van der Waals surface area contributed by atoms with Gasteiger partial charge in [-0.1, -0.05) is 0 Å². The Morgan fingerprint density at radius 1 is 1.27 bits per heavy atom. The Kier molecular flexibility index (Phi) is 3.39. The van der Waals surface area contributed by atoms with Crippen LogP contribution < -0.4 is 5.32 Å². The number of rotatable bonds is 2. The van der Waals surface area contributed by atoms with Crippen LogP contribution in [0.1, 0.15) is 56.3 Å². The number of hydrogen-bond acceptors (Lipinski definition) is 3. The molecule has 1 aliphatic rings. The van der Waals surface area contributed by atoms with Gasteiger partial charge in [0.05, 0.1) is 17.1 Å². The molecule has 0 atom stereocenters. The molecule has 0 saturated carbocycles. The second-order valence-electron chi connectivity index (χ2n) is 5.88. The lowest BCUT2D eigenvalue weighted by Crippen LogP contribution is -2.15. The van der Waals surface area contributed by atoms with E-state index in [-0.39, 0.29) is 11.7 Å². The third-order valence-corrected chi connectivity index (χ3v) is 4.41. The molecule has 2 heterocycles. The van der Waals surface area contributed by atoms with Crippen molar-refractivity contribution >= 4 is 17.4 Å². The van der Waals surface area contributed by atoms with Gasteiger partial charge in [0, 0.05) is 24.7 Å². The average Bonchev–Trinajstić information content (AvgIpc) is 2.92. The standard InChI is InChI=1S/C16H20N4O2/c1-8-13-11(6-5-7-12(13)21)17-14(8)16(22)18-15-9(2)19-20(4)10(15)3/h17H,5-7H2,1-4H3,(H,18,22). The molecule has 3 rings (SSSR count). The van der Waals surface area contributed by atoms with Gasteiger partial charge in [0.15, 0.2) is 5.78 Å². The van der Waals surface area contributed by atoms with Crippen LogP contribution in [0, 0.1) is 20.8 Å². The van der Waals surface area contributed by atoms with Crippen LogP contribution in [0.3, 0.4) is 0 Å². The Bertz CT molecular complexity index is 783. The Labute approximate surface area is 128 Å². The average molecular weight is 300 g/mol. The molecule has 2 aromatic rings. The molecule has 0 saturated heterocycles. The van der Waals surface area contributed by atoms with Crippen LogP contribution in [0.15, 0.2) is 0 Å². The zero-order chi connectivity index (χ0) is 16.0. The molecule has 0 spiro atoms. The van der Waals surface area contributed by atoms with Crippen LogP contribution in [0.2, 0.25) is 0 Å². The van der Waals surface area contributed by atoms with E-state index in [0.717, 1.165) is 41.2 Å². The molecule has 116 valence electrons. The number of nitrogens with zero attached hydrogens (tertiary/aromatic N) is 2. The Hall–Kier alpha value is -2.37. The topological polar surface area (TPSA) is 79.8 Å². The molecule has 1 aliphatic carbocycles. The summed E-state index contributed by atoms with van der Waals surface area (Å²) in [6.07, 6.45) is 2.22. The molecule has 2 N–H and O–H groups in total. The van der Waals surface area contributed by atoms with E-state index >= 15 is 0 Å². The smallest absolute Gasteiger partial charge is 0.272 e. The van der Waals surface area contributed by atoms with Gasteiger partial charge >= 0.3 is 0 Å². The highest BCUT2D eigenvalue weighted by molar-refractivity contribution is 6.08. The highest BCUT2D eigenvalue weighted by atomic mass is 16.2. The normalized spacial score (nSPS) is 14.1. The molecule has 0 radical (unpaired) electrons. The maximum atomic E-state index is 12.6. The summed E-state index contributed by atoms with van der Waals surface area (Å²) in [4.78, 5) is 27.8. The van der Waals surface area contributed by atoms with E-state index in [1.165, 1.54) is 0 Å². The van der Waals surface area contributed by atoms with Crippen molar-refractivity contribution < 1.29 is 9.59 Å². The Balaban J connectivity index is 1.95. The molecule has 0 fully saturated rings. The number of aromatic nitrogens is 3. The van der Waals surface area contributed by atoms with Crippen LogP contribution >= 0.6 is 0 Å². The van der Waals surface area contributed by atoms with Gasteiger partial charge in [0.1, 0.15) is 5.69 Å². The summed E-state index contributed by atoms with van der Waals surface area (Å²) < 4.78 is 1.74. The minimum Gasteiger partial charge on any atom is -0.354 e. The van der Waals surface area contributed by atoms with Crippen LogP contribution in [0.5, 0.6) is 0 Å². The summed E-state index contributed by atoms with van der Waals surface area (Å²) in [5, 5.41) is 7.21. The monoisotopic (exact) mass is 300 g/mol. The number of anilines is 1. The lowest BCUT2D eigenvalue weighted by molar-refractivity contribution is 0.0971. The number of Topliss-reactive ketones (excluding diaryl/α,β-unsaturated/α-hetero) is 1. The van der Waals surface area contributed by atoms with Crippen molar-refractivity contribution in [2.24, 2.45) is 7.05 Å². The van der Waals surface area contributed by atoms with Crippen LogP contribution in [0.4, 0.5) is 5.69 Å². The SMILES string of the molecule is Cc1nn(C)c(C)c1NC(=O)c1[nH]c2c(c1C)C(=O)CCC2. The second-order valence-corrected chi connectivity index (χ2v) is 5.88. The number of H-pyrrole nitrogens is 1. The molecule has 0 aromatic carbocycles. The van der Waals surface area contributed by atoms with Crippen molar-refractivity contribution in [3.63, 3.8) is 0 Å². The van der Waals surface area contributed by atoms with E-state index in [9.17, 15) is 9.59 Å². The van der Waals surface area contributed by atoms with Crippen molar-refractivity contribution in [2.75, 3.05) is 5.32 Å². The van der Waals surface area contributed by atoms with Crippen molar-refractivity contribution in [3.8, 4) is 0 Å². The molecule has 6 nitrogen and oxygen atoms in total. The third-order valence-electron chi connectivity index (χ3n) is 4.41. The predicted octanol–water partition coefficient (Wildman–Crippen LogP) is 2.44. The lowest BCUT2D eigenvalue weighted by atomic mass is 9.94. The molecule has 0 aliphatic heterocycles. The first kappa shape index (κ1) is 14.6. The maximum Gasteiger partial charge on any atom is 0.272 e. The number of aryl methyl sites for hydroxylation is 3. The quantitative estimate of drug-likeness (QED) is 0.894. The lowest BCUT2D eigenvalue weighted by Gasteiger charge is -2.09. The van der Waals surface area contributed by atoms with Crippen LogP contribution in [0.25, 0.3) is 0 Å². The molecular weight excluding hydrogens is 280 g/mol. The summed E-state index contributed by atoms with van der Waals surface area (Å²) in [6.45, 7) is 5.60. The molecule has 22 heavy (non-hydrogen) atoms. The van der Waals surface area contributed by atoms with Gasteiger partial charge in [-0.3, -0.25) is 14.3 Å². The van der Waals surface area contributed by atoms with Gasteiger partial charge in [0.25, 0.3) is 5.91 Å². The fourth-order valence-electron chi connectivity index (χ4n) is 3.13. The highest BCUT2D eigenvalue weighted by Gasteiger charge is 2.26. The third kappa shape index (κ3) is 2.15. The van der Waals surface area contributed by atoms with Gasteiger partial charge in [-0.05, 0) is 39.2 Å². The molecule has 0 unspecified atom stereocenters. The minimum atomic E-state index is -0.223. The van der Waals surface area contributed by atoms with E-state index in [1.54, 1.807) is 4.68 Å². The van der Waals surface area contributed by atoms with Gasteiger partial charge in [0.2, 0.25) is 0 Å².